The normalized spacial score (nSPS) is 12.5. The lowest BCUT2D eigenvalue weighted by molar-refractivity contribution is -0.142. The molecular weight excluding hydrogens is 276 g/mol. The molecule has 0 saturated carbocycles. The summed E-state index contributed by atoms with van der Waals surface area (Å²) in [6.07, 6.45) is 2.32. The smallest absolute Gasteiger partial charge is 0.312 e. The van der Waals surface area contributed by atoms with Gasteiger partial charge in [0.25, 0.3) is 0 Å². The number of ether oxygens (including phenoxy) is 1. The van der Waals surface area contributed by atoms with Crippen molar-refractivity contribution in [2.24, 2.45) is 0 Å². The molecule has 0 radical (unpaired) electrons. The van der Waals surface area contributed by atoms with Crippen LogP contribution in [-0.4, -0.2) is 19.4 Å². The first-order chi connectivity index (χ1) is 10.7. The third kappa shape index (κ3) is 3.50. The maximum absolute atomic E-state index is 11.7. The number of aldehydes is 1. The quantitative estimate of drug-likeness (QED) is 0.481. The molecule has 3 heteroatoms. The van der Waals surface area contributed by atoms with E-state index in [9.17, 15) is 9.59 Å². The van der Waals surface area contributed by atoms with E-state index in [-0.39, 0.29) is 11.9 Å². The summed E-state index contributed by atoms with van der Waals surface area (Å²) < 4.78 is 4.79. The number of allylic oxidation sites excluding steroid dienone is 1. The van der Waals surface area contributed by atoms with E-state index in [1.165, 1.54) is 13.2 Å². The van der Waals surface area contributed by atoms with Crippen molar-refractivity contribution in [2.45, 2.75) is 12.8 Å². The summed E-state index contributed by atoms with van der Waals surface area (Å²) in [5.74, 6) is -0.629. The Bertz CT molecular complexity index is 687. The van der Waals surface area contributed by atoms with E-state index in [2.05, 4.69) is 0 Å². The van der Waals surface area contributed by atoms with Crippen molar-refractivity contribution in [2.75, 3.05) is 7.11 Å². The highest BCUT2D eigenvalue weighted by Gasteiger charge is 2.16. The van der Waals surface area contributed by atoms with Crippen molar-refractivity contribution >= 4 is 17.8 Å². The monoisotopic (exact) mass is 294 g/mol. The lowest BCUT2D eigenvalue weighted by Gasteiger charge is -2.13. The number of hydrogen-bond donors (Lipinski definition) is 0. The third-order valence-corrected chi connectivity index (χ3v) is 3.57. The number of carbonyl (C=O) groups is 2. The molecule has 0 N–H and O–H groups in total. The number of methoxy groups -OCH3 is 1. The first kappa shape index (κ1) is 15.7. The van der Waals surface area contributed by atoms with Gasteiger partial charge in [0.2, 0.25) is 0 Å². The molecule has 22 heavy (non-hydrogen) atoms. The molecule has 0 amide bonds. The van der Waals surface area contributed by atoms with Crippen molar-refractivity contribution < 1.29 is 14.3 Å². The molecule has 0 fully saturated rings. The predicted molar refractivity (Wildman–Crippen MR) is 86.5 cm³/mol. The van der Waals surface area contributed by atoms with E-state index in [0.29, 0.717) is 0 Å². The first-order valence-corrected chi connectivity index (χ1v) is 7.06. The summed E-state index contributed by atoms with van der Waals surface area (Å²) in [5, 5.41) is 0. The Morgan fingerprint density at radius 3 is 2.36 bits per heavy atom. The maximum Gasteiger partial charge on any atom is 0.312 e. The molecule has 0 spiro atoms. The molecule has 0 aliphatic heterocycles. The van der Waals surface area contributed by atoms with Crippen LogP contribution in [0.3, 0.4) is 0 Å². The van der Waals surface area contributed by atoms with Crippen molar-refractivity contribution in [3.8, 4) is 0 Å². The van der Waals surface area contributed by atoms with Gasteiger partial charge in [-0.05, 0) is 35.3 Å². The molecule has 2 aromatic carbocycles. The van der Waals surface area contributed by atoms with Gasteiger partial charge in [-0.2, -0.15) is 0 Å². The molecule has 0 bridgehead atoms. The molecule has 0 saturated heterocycles. The zero-order valence-corrected chi connectivity index (χ0v) is 12.7. The molecular formula is C19H18O3. The van der Waals surface area contributed by atoms with Crippen LogP contribution in [0.4, 0.5) is 0 Å². The van der Waals surface area contributed by atoms with E-state index in [4.69, 9.17) is 4.74 Å². The molecule has 1 unspecified atom stereocenters. The van der Waals surface area contributed by atoms with Gasteiger partial charge in [0.15, 0.2) is 0 Å². The number of benzene rings is 2. The van der Waals surface area contributed by atoms with Gasteiger partial charge in [0.05, 0.1) is 13.0 Å². The summed E-state index contributed by atoms with van der Waals surface area (Å²) in [6, 6.07) is 17.3. The Balaban J connectivity index is 2.44. The second kappa shape index (κ2) is 7.36. The van der Waals surface area contributed by atoms with Crippen molar-refractivity contribution in [1.29, 1.82) is 0 Å². The second-order valence-electron chi connectivity index (χ2n) is 4.95. The molecule has 112 valence electrons. The van der Waals surface area contributed by atoms with Gasteiger partial charge in [-0.3, -0.25) is 9.59 Å². The average molecular weight is 294 g/mol. The third-order valence-electron chi connectivity index (χ3n) is 3.57. The van der Waals surface area contributed by atoms with Gasteiger partial charge >= 0.3 is 5.97 Å². The Morgan fingerprint density at radius 2 is 1.73 bits per heavy atom. The lowest BCUT2D eigenvalue weighted by atomic mass is 9.93. The van der Waals surface area contributed by atoms with Gasteiger partial charge < -0.3 is 4.74 Å². The molecule has 1 atom stereocenters. The van der Waals surface area contributed by atoms with E-state index < -0.39 is 0 Å². The zero-order chi connectivity index (χ0) is 15.9. The van der Waals surface area contributed by atoms with Crippen LogP contribution in [0.1, 0.15) is 29.5 Å². The SMILES string of the molecule is COC(=O)C(C)c1cccc(/C(=C\C=O)c2ccccc2)c1. The minimum Gasteiger partial charge on any atom is -0.469 e. The molecule has 2 rings (SSSR count). The molecule has 0 aliphatic rings. The van der Waals surface area contributed by atoms with Gasteiger partial charge in [0, 0.05) is 0 Å². The fraction of sp³-hybridized carbons (Fsp3) is 0.158. The number of esters is 1. The summed E-state index contributed by atoms with van der Waals surface area (Å²) in [7, 11) is 1.38. The van der Waals surface area contributed by atoms with Crippen LogP contribution in [0.15, 0.2) is 60.7 Å². The van der Waals surface area contributed by atoms with Gasteiger partial charge in [0.1, 0.15) is 6.29 Å². The van der Waals surface area contributed by atoms with E-state index >= 15 is 0 Å². The van der Waals surface area contributed by atoms with E-state index in [1.54, 1.807) is 6.92 Å². The zero-order valence-electron chi connectivity index (χ0n) is 12.7. The highest BCUT2D eigenvalue weighted by molar-refractivity contribution is 5.90. The second-order valence-corrected chi connectivity index (χ2v) is 4.95. The fourth-order valence-electron chi connectivity index (χ4n) is 2.33. The minimum absolute atomic E-state index is 0.280. The van der Waals surface area contributed by atoms with E-state index in [0.717, 1.165) is 28.5 Å². The summed E-state index contributed by atoms with van der Waals surface area (Å²) in [5.41, 5.74) is 3.54. The average Bonchev–Trinajstić information content (AvgIpc) is 2.59. The number of hydrogen-bond acceptors (Lipinski definition) is 3. The maximum atomic E-state index is 11.7. The standard InChI is InChI=1S/C19H18O3/c1-14(19(21)22-2)16-9-6-10-17(13-16)18(11-12-20)15-7-4-3-5-8-15/h3-14H,1-2H3/b18-11-. The molecule has 0 aromatic heterocycles. The molecule has 0 aliphatic carbocycles. The van der Waals surface area contributed by atoms with Crippen LogP contribution in [0.25, 0.3) is 5.57 Å². The summed E-state index contributed by atoms with van der Waals surface area (Å²) >= 11 is 0. The van der Waals surface area contributed by atoms with E-state index in [1.807, 2.05) is 54.6 Å². The summed E-state index contributed by atoms with van der Waals surface area (Å²) in [6.45, 7) is 1.80. The van der Waals surface area contributed by atoms with Gasteiger partial charge in [-0.15, -0.1) is 0 Å². The molecule has 0 heterocycles. The van der Waals surface area contributed by atoms with Crippen LogP contribution in [-0.2, 0) is 14.3 Å². The first-order valence-electron chi connectivity index (χ1n) is 7.06. The van der Waals surface area contributed by atoms with Crippen molar-refractivity contribution in [1.82, 2.24) is 0 Å². The molecule has 2 aromatic rings. The van der Waals surface area contributed by atoms with Gasteiger partial charge in [-0.25, -0.2) is 0 Å². The highest BCUT2D eigenvalue weighted by atomic mass is 16.5. The van der Waals surface area contributed by atoms with Crippen LogP contribution in [0, 0.1) is 0 Å². The fourth-order valence-corrected chi connectivity index (χ4v) is 2.33. The molecule has 3 nitrogen and oxygen atoms in total. The van der Waals surface area contributed by atoms with Crippen LogP contribution >= 0.6 is 0 Å². The predicted octanol–water partition coefficient (Wildman–Crippen LogP) is 3.59. The van der Waals surface area contributed by atoms with Gasteiger partial charge in [-0.1, -0.05) is 54.6 Å². The highest BCUT2D eigenvalue weighted by Crippen LogP contribution is 2.26. The summed E-state index contributed by atoms with van der Waals surface area (Å²) in [4.78, 5) is 22.7. The van der Waals surface area contributed by atoms with Crippen LogP contribution in [0.2, 0.25) is 0 Å². The Kier molecular flexibility index (Phi) is 5.26. The number of carbonyl (C=O) groups excluding carboxylic acids is 2. The Labute approximate surface area is 130 Å². The Morgan fingerprint density at radius 1 is 1.05 bits per heavy atom. The Hall–Kier alpha value is -2.68. The van der Waals surface area contributed by atoms with Crippen molar-refractivity contribution in [3.63, 3.8) is 0 Å². The largest absolute Gasteiger partial charge is 0.469 e. The van der Waals surface area contributed by atoms with Crippen molar-refractivity contribution in [3.05, 3.63) is 77.4 Å². The minimum atomic E-state index is -0.349. The topological polar surface area (TPSA) is 43.4 Å². The van der Waals surface area contributed by atoms with Crippen LogP contribution in [0.5, 0.6) is 0 Å². The van der Waals surface area contributed by atoms with Crippen LogP contribution < -0.4 is 0 Å². The number of rotatable bonds is 5. The lowest BCUT2D eigenvalue weighted by Crippen LogP contribution is -2.10.